The highest BCUT2D eigenvalue weighted by atomic mass is 19.1. The van der Waals surface area contributed by atoms with Gasteiger partial charge in [0.25, 0.3) is 5.91 Å². The van der Waals surface area contributed by atoms with E-state index in [1.807, 2.05) is 59.2 Å². The molecule has 0 bridgehead atoms. The average molecular weight is 666 g/mol. The number of aromatic amines is 1. The predicted octanol–water partition coefficient (Wildman–Crippen LogP) is 4.28. The van der Waals surface area contributed by atoms with Gasteiger partial charge in [0.05, 0.1) is 37.4 Å². The second kappa shape index (κ2) is 13.7. The summed E-state index contributed by atoms with van der Waals surface area (Å²) in [5.41, 5.74) is 5.39. The number of amides is 2. The van der Waals surface area contributed by atoms with Crippen LogP contribution in [0.1, 0.15) is 40.3 Å². The maximum atomic E-state index is 16.6. The molecule has 254 valence electrons. The number of carbonyl (C=O) groups is 2. The van der Waals surface area contributed by atoms with E-state index in [1.165, 1.54) is 0 Å². The molecule has 0 saturated carbocycles. The van der Waals surface area contributed by atoms with Crippen LogP contribution in [0.2, 0.25) is 0 Å². The van der Waals surface area contributed by atoms with Gasteiger partial charge in [-0.2, -0.15) is 0 Å². The summed E-state index contributed by atoms with van der Waals surface area (Å²) in [6, 6.07) is 11.2. The molecular weight excluding hydrogens is 625 g/mol. The van der Waals surface area contributed by atoms with Crippen molar-refractivity contribution in [2.75, 3.05) is 46.4 Å². The quantitative estimate of drug-likeness (QED) is 0.250. The minimum Gasteiger partial charge on any atom is -0.496 e. The molecule has 0 aliphatic carbocycles. The van der Waals surface area contributed by atoms with Crippen LogP contribution in [-0.2, 0) is 24.9 Å². The molecule has 49 heavy (non-hydrogen) atoms. The Morgan fingerprint density at radius 1 is 1.02 bits per heavy atom. The zero-order valence-electron chi connectivity index (χ0n) is 28.0. The first-order valence-corrected chi connectivity index (χ1v) is 16.6. The van der Waals surface area contributed by atoms with Crippen molar-refractivity contribution in [1.29, 1.82) is 0 Å². The summed E-state index contributed by atoms with van der Waals surface area (Å²) in [7, 11) is 3.59. The van der Waals surface area contributed by atoms with Gasteiger partial charge in [-0.15, -0.1) is 5.10 Å². The van der Waals surface area contributed by atoms with Gasteiger partial charge >= 0.3 is 0 Å². The number of nitrogens with one attached hydrogen (secondary N) is 1. The summed E-state index contributed by atoms with van der Waals surface area (Å²) >= 11 is 0. The van der Waals surface area contributed by atoms with E-state index in [2.05, 4.69) is 32.1 Å². The molecule has 1 fully saturated rings. The number of piperazine rings is 1. The van der Waals surface area contributed by atoms with Crippen molar-refractivity contribution in [3.05, 3.63) is 89.7 Å². The molecule has 0 atom stereocenters. The normalized spacial score (nSPS) is 15.6. The molecule has 5 heterocycles. The van der Waals surface area contributed by atoms with Crippen LogP contribution in [0.5, 0.6) is 5.75 Å². The van der Waals surface area contributed by atoms with E-state index in [1.54, 1.807) is 35.2 Å². The van der Waals surface area contributed by atoms with Crippen LogP contribution in [0.3, 0.4) is 0 Å². The number of carbonyl (C=O) groups excluding carboxylic acids is 2. The molecule has 2 aromatic carbocycles. The Morgan fingerprint density at radius 3 is 2.57 bits per heavy atom. The highest BCUT2D eigenvalue weighted by Crippen LogP contribution is 2.40. The number of H-pyrrole nitrogens is 1. The standard InChI is InChI=1S/C36H40FN9O3/c1-24-31(38-23-42(24)2)22-43-15-17-44(18-16-43)36(48)30-20-29-28(26-8-4-5-9-32(26)49-3)19-27(34(37)35(29)40-30)25-7-6-12-45(21-25)33(47)10-13-46-14-11-39-41-46/h4-5,7-9,11,14,19-20,23,40H,6,10,12-13,15-18,21-22H2,1-3H3. The topological polar surface area (TPSA) is 117 Å². The zero-order chi connectivity index (χ0) is 34.1. The number of methoxy groups -OCH3 is 1. The molecule has 0 radical (unpaired) electrons. The third-order valence-electron chi connectivity index (χ3n) is 9.72. The van der Waals surface area contributed by atoms with Crippen molar-refractivity contribution >= 4 is 28.3 Å². The molecule has 1 N–H and O–H groups in total. The van der Waals surface area contributed by atoms with Gasteiger partial charge in [0.15, 0.2) is 5.82 Å². The van der Waals surface area contributed by atoms with E-state index < -0.39 is 5.82 Å². The summed E-state index contributed by atoms with van der Waals surface area (Å²) in [5.74, 6) is -0.0166. The highest BCUT2D eigenvalue weighted by molar-refractivity contribution is 6.05. The van der Waals surface area contributed by atoms with Crippen LogP contribution in [0, 0.1) is 12.7 Å². The molecule has 13 heteroatoms. The summed E-state index contributed by atoms with van der Waals surface area (Å²) < 4.78 is 26.0. The van der Waals surface area contributed by atoms with Gasteiger partial charge in [0.2, 0.25) is 5.91 Å². The monoisotopic (exact) mass is 665 g/mol. The minimum absolute atomic E-state index is 0.0319. The second-order valence-electron chi connectivity index (χ2n) is 12.7. The van der Waals surface area contributed by atoms with Crippen LogP contribution in [0.25, 0.3) is 27.6 Å². The molecule has 2 aliphatic heterocycles. The van der Waals surface area contributed by atoms with Gasteiger partial charge < -0.3 is 24.1 Å². The van der Waals surface area contributed by atoms with E-state index in [9.17, 15) is 9.59 Å². The van der Waals surface area contributed by atoms with Gasteiger partial charge in [0.1, 0.15) is 11.4 Å². The lowest BCUT2D eigenvalue weighted by atomic mass is 9.93. The number of imidazole rings is 1. The Kier molecular flexibility index (Phi) is 9.00. The van der Waals surface area contributed by atoms with Crippen molar-refractivity contribution in [2.24, 2.45) is 7.05 Å². The first-order valence-electron chi connectivity index (χ1n) is 16.6. The van der Waals surface area contributed by atoms with Crippen LogP contribution in [0.15, 0.2) is 61.2 Å². The number of aryl methyl sites for hydroxylation is 2. The van der Waals surface area contributed by atoms with Crippen LogP contribution in [0.4, 0.5) is 4.39 Å². The number of halogens is 1. The maximum Gasteiger partial charge on any atom is 0.270 e. The Labute approximate surface area is 283 Å². The van der Waals surface area contributed by atoms with Gasteiger partial charge in [0, 0.05) is 87.7 Å². The van der Waals surface area contributed by atoms with E-state index in [4.69, 9.17) is 4.74 Å². The summed E-state index contributed by atoms with van der Waals surface area (Å²) in [6.07, 6.45) is 8.00. The largest absolute Gasteiger partial charge is 0.496 e. The number of benzene rings is 2. The Morgan fingerprint density at radius 2 is 1.84 bits per heavy atom. The SMILES string of the molecule is COc1ccccc1-c1cc(C2=CCCN(C(=O)CCn3ccnn3)C2)c(F)c2[nH]c(C(=O)N3CCN(Cc4ncn(C)c4C)CC3)cc12. The fourth-order valence-corrected chi connectivity index (χ4v) is 6.76. The van der Waals surface area contributed by atoms with E-state index in [0.717, 1.165) is 47.7 Å². The smallest absolute Gasteiger partial charge is 0.270 e. The molecular formula is C36H40FN9O3. The van der Waals surface area contributed by atoms with Gasteiger partial charge in [-0.25, -0.2) is 9.37 Å². The molecule has 2 aliphatic rings. The third-order valence-corrected chi connectivity index (χ3v) is 9.72. The molecule has 0 spiro atoms. The lowest BCUT2D eigenvalue weighted by molar-refractivity contribution is -0.131. The number of para-hydroxylation sites is 1. The minimum atomic E-state index is -0.452. The van der Waals surface area contributed by atoms with Crippen LogP contribution in [-0.4, -0.2) is 102 Å². The highest BCUT2D eigenvalue weighted by Gasteiger charge is 2.28. The molecule has 2 amide bonds. The Bertz CT molecular complexity index is 2020. The fraction of sp³-hybridized carbons (Fsp3) is 0.361. The number of hydrogen-bond donors (Lipinski definition) is 1. The summed E-state index contributed by atoms with van der Waals surface area (Å²) in [5, 5.41) is 8.34. The summed E-state index contributed by atoms with van der Waals surface area (Å²) in [4.78, 5) is 40.6. The number of fused-ring (bicyclic) bond motifs is 1. The molecule has 3 aromatic heterocycles. The number of hydrogen-bond acceptors (Lipinski definition) is 7. The van der Waals surface area contributed by atoms with Crippen LogP contribution < -0.4 is 4.74 Å². The number of nitrogens with zero attached hydrogens (tertiary/aromatic N) is 8. The lowest BCUT2D eigenvalue weighted by Crippen LogP contribution is -2.48. The molecule has 0 unspecified atom stereocenters. The van der Waals surface area contributed by atoms with Crippen molar-refractivity contribution < 1.29 is 18.7 Å². The Hall–Kier alpha value is -5.30. The average Bonchev–Trinajstić information content (AvgIpc) is 3.90. The number of rotatable bonds is 9. The van der Waals surface area contributed by atoms with E-state index >= 15 is 4.39 Å². The molecule has 7 rings (SSSR count). The first kappa shape index (κ1) is 32.3. The van der Waals surface area contributed by atoms with E-state index in [-0.39, 0.29) is 30.3 Å². The van der Waals surface area contributed by atoms with Crippen molar-refractivity contribution in [1.82, 2.24) is 44.2 Å². The molecule has 12 nitrogen and oxygen atoms in total. The van der Waals surface area contributed by atoms with Gasteiger partial charge in [-0.1, -0.05) is 29.5 Å². The number of ether oxygens (including phenoxy) is 1. The lowest BCUT2D eigenvalue weighted by Gasteiger charge is -2.34. The zero-order valence-corrected chi connectivity index (χ0v) is 28.0. The van der Waals surface area contributed by atoms with Crippen molar-refractivity contribution in [3.63, 3.8) is 0 Å². The van der Waals surface area contributed by atoms with Crippen LogP contribution >= 0.6 is 0 Å². The molecule has 1 saturated heterocycles. The maximum absolute atomic E-state index is 16.6. The Balaban J connectivity index is 1.17. The third kappa shape index (κ3) is 6.45. The van der Waals surface area contributed by atoms with Crippen molar-refractivity contribution in [2.45, 2.75) is 32.9 Å². The molecule has 5 aromatic rings. The summed E-state index contributed by atoms with van der Waals surface area (Å²) in [6.45, 7) is 6.59. The predicted molar refractivity (Wildman–Crippen MR) is 183 cm³/mol. The fourth-order valence-electron chi connectivity index (χ4n) is 6.76. The van der Waals surface area contributed by atoms with Gasteiger partial charge in [-0.3, -0.25) is 19.2 Å². The first-order chi connectivity index (χ1) is 23.8. The number of aromatic nitrogens is 6. The van der Waals surface area contributed by atoms with Gasteiger partial charge in [-0.05, 0) is 42.7 Å². The van der Waals surface area contributed by atoms with E-state index in [0.29, 0.717) is 55.0 Å². The second-order valence-corrected chi connectivity index (χ2v) is 12.7. The van der Waals surface area contributed by atoms with Crippen molar-refractivity contribution in [3.8, 4) is 16.9 Å².